The summed E-state index contributed by atoms with van der Waals surface area (Å²) in [6.07, 6.45) is 6.33. The molecule has 2 N–H and O–H groups in total. The normalized spacial score (nSPS) is 30.9. The van der Waals surface area contributed by atoms with Gasteiger partial charge in [0, 0.05) is 32.8 Å². The van der Waals surface area contributed by atoms with Crippen molar-refractivity contribution in [3.63, 3.8) is 0 Å². The lowest BCUT2D eigenvalue weighted by molar-refractivity contribution is -0.0874. The van der Waals surface area contributed by atoms with Gasteiger partial charge in [-0.3, -0.25) is 4.90 Å². The van der Waals surface area contributed by atoms with Crippen LogP contribution in [0.1, 0.15) is 32.1 Å². The molecule has 0 radical (unpaired) electrons. The Bertz CT molecular complexity index is 184. The molecule has 1 unspecified atom stereocenters. The Morgan fingerprint density at radius 1 is 1.50 bits per heavy atom. The van der Waals surface area contributed by atoms with Gasteiger partial charge in [0.25, 0.3) is 0 Å². The fourth-order valence-electron chi connectivity index (χ4n) is 2.53. The quantitative estimate of drug-likeness (QED) is 0.715. The zero-order chi connectivity index (χ0) is 10.0. The Hall–Kier alpha value is -0.120. The van der Waals surface area contributed by atoms with Gasteiger partial charge in [-0.2, -0.15) is 0 Å². The molecule has 3 nitrogen and oxygen atoms in total. The highest BCUT2D eigenvalue weighted by molar-refractivity contribution is 4.92. The Kier molecular flexibility index (Phi) is 3.10. The standard InChI is InChI=1S/C11H22N2O/c1-14-11(4-2-5-11)6-8-13-7-3-10(13)9-12/h10H,2-9,12H2,1H3. The highest BCUT2D eigenvalue weighted by Crippen LogP contribution is 2.38. The van der Waals surface area contributed by atoms with Gasteiger partial charge in [0.15, 0.2) is 0 Å². The summed E-state index contributed by atoms with van der Waals surface area (Å²) in [4.78, 5) is 2.50. The first kappa shape index (κ1) is 10.4. The maximum absolute atomic E-state index is 5.67. The molecule has 82 valence electrons. The van der Waals surface area contributed by atoms with Crippen LogP contribution in [-0.4, -0.2) is 43.3 Å². The molecule has 1 saturated heterocycles. The Morgan fingerprint density at radius 3 is 2.64 bits per heavy atom. The molecule has 1 saturated carbocycles. The van der Waals surface area contributed by atoms with Gasteiger partial charge < -0.3 is 10.5 Å². The molecular weight excluding hydrogens is 176 g/mol. The molecule has 3 heteroatoms. The SMILES string of the molecule is COC1(CCN2CCC2CN)CCC1. The van der Waals surface area contributed by atoms with Crippen LogP contribution < -0.4 is 5.73 Å². The smallest absolute Gasteiger partial charge is 0.0691 e. The van der Waals surface area contributed by atoms with E-state index in [4.69, 9.17) is 10.5 Å². The third-order valence-electron chi connectivity index (χ3n) is 4.09. The van der Waals surface area contributed by atoms with E-state index in [-0.39, 0.29) is 5.60 Å². The molecule has 1 aliphatic heterocycles. The maximum Gasteiger partial charge on any atom is 0.0691 e. The largest absolute Gasteiger partial charge is 0.378 e. The Balaban J connectivity index is 1.71. The minimum absolute atomic E-state index is 0.231. The van der Waals surface area contributed by atoms with Gasteiger partial charge in [0.2, 0.25) is 0 Å². The van der Waals surface area contributed by atoms with E-state index in [0.29, 0.717) is 6.04 Å². The van der Waals surface area contributed by atoms with Crippen molar-refractivity contribution in [2.75, 3.05) is 26.7 Å². The first-order chi connectivity index (χ1) is 6.79. The second-order valence-corrected chi connectivity index (χ2v) is 4.70. The molecular formula is C11H22N2O. The monoisotopic (exact) mass is 198 g/mol. The average Bonchev–Trinajstić information content (AvgIpc) is 2.08. The summed E-state index contributed by atoms with van der Waals surface area (Å²) >= 11 is 0. The van der Waals surface area contributed by atoms with Crippen molar-refractivity contribution in [3.8, 4) is 0 Å². The zero-order valence-electron chi connectivity index (χ0n) is 9.17. The number of nitrogens with two attached hydrogens (primary N) is 1. The predicted octanol–water partition coefficient (Wildman–Crippen LogP) is 0.979. The van der Waals surface area contributed by atoms with Gasteiger partial charge in [-0.1, -0.05) is 0 Å². The summed E-state index contributed by atoms with van der Waals surface area (Å²) in [6.45, 7) is 3.23. The van der Waals surface area contributed by atoms with Gasteiger partial charge in [-0.15, -0.1) is 0 Å². The Labute approximate surface area is 86.6 Å². The number of hydrogen-bond acceptors (Lipinski definition) is 3. The second-order valence-electron chi connectivity index (χ2n) is 4.70. The summed E-state index contributed by atoms with van der Waals surface area (Å²) in [5.74, 6) is 0. The van der Waals surface area contributed by atoms with E-state index in [0.717, 1.165) is 6.54 Å². The summed E-state index contributed by atoms with van der Waals surface area (Å²) in [6, 6.07) is 0.656. The molecule has 0 amide bonds. The minimum Gasteiger partial charge on any atom is -0.378 e. The van der Waals surface area contributed by atoms with Crippen molar-refractivity contribution >= 4 is 0 Å². The molecule has 0 spiro atoms. The van der Waals surface area contributed by atoms with Gasteiger partial charge in [0.05, 0.1) is 5.60 Å². The number of ether oxygens (including phenoxy) is 1. The summed E-state index contributed by atoms with van der Waals surface area (Å²) in [5, 5.41) is 0. The molecule has 2 fully saturated rings. The number of rotatable bonds is 5. The highest BCUT2D eigenvalue weighted by atomic mass is 16.5. The van der Waals surface area contributed by atoms with Crippen molar-refractivity contribution in [2.24, 2.45) is 5.73 Å². The van der Waals surface area contributed by atoms with E-state index in [1.807, 2.05) is 7.11 Å². The van der Waals surface area contributed by atoms with E-state index in [9.17, 15) is 0 Å². The van der Waals surface area contributed by atoms with Crippen LogP contribution in [0, 0.1) is 0 Å². The van der Waals surface area contributed by atoms with Gasteiger partial charge in [-0.25, -0.2) is 0 Å². The van der Waals surface area contributed by atoms with Crippen LogP contribution in [0.25, 0.3) is 0 Å². The summed E-state index contributed by atoms with van der Waals surface area (Å²) < 4.78 is 5.60. The van der Waals surface area contributed by atoms with Gasteiger partial charge in [0.1, 0.15) is 0 Å². The Morgan fingerprint density at radius 2 is 2.29 bits per heavy atom. The van der Waals surface area contributed by atoms with Crippen LogP contribution in [0.15, 0.2) is 0 Å². The highest BCUT2D eigenvalue weighted by Gasteiger charge is 2.38. The molecule has 14 heavy (non-hydrogen) atoms. The van der Waals surface area contributed by atoms with Crippen molar-refractivity contribution < 1.29 is 4.74 Å². The lowest BCUT2D eigenvalue weighted by Gasteiger charge is -2.46. The van der Waals surface area contributed by atoms with Crippen LogP contribution in [0.3, 0.4) is 0 Å². The van der Waals surface area contributed by atoms with Crippen LogP contribution in [0.4, 0.5) is 0 Å². The van der Waals surface area contributed by atoms with Gasteiger partial charge in [-0.05, 0) is 32.1 Å². The fourth-order valence-corrected chi connectivity index (χ4v) is 2.53. The van der Waals surface area contributed by atoms with Crippen molar-refractivity contribution in [1.29, 1.82) is 0 Å². The number of methoxy groups -OCH3 is 1. The van der Waals surface area contributed by atoms with E-state index in [1.54, 1.807) is 0 Å². The molecule has 2 rings (SSSR count). The average molecular weight is 198 g/mol. The number of hydrogen-bond donors (Lipinski definition) is 1. The maximum atomic E-state index is 5.67. The van der Waals surface area contributed by atoms with Crippen molar-refractivity contribution in [1.82, 2.24) is 4.90 Å². The molecule has 2 aliphatic rings. The third kappa shape index (κ3) is 1.81. The minimum atomic E-state index is 0.231. The topological polar surface area (TPSA) is 38.5 Å². The molecule has 0 aromatic heterocycles. The molecule has 0 aromatic carbocycles. The molecule has 0 aromatic rings. The zero-order valence-corrected chi connectivity index (χ0v) is 9.17. The molecule has 1 heterocycles. The first-order valence-electron chi connectivity index (χ1n) is 5.79. The summed E-state index contributed by atoms with van der Waals surface area (Å²) in [7, 11) is 1.86. The van der Waals surface area contributed by atoms with Crippen molar-refractivity contribution in [2.45, 2.75) is 43.7 Å². The third-order valence-corrected chi connectivity index (χ3v) is 4.09. The lowest BCUT2D eigenvalue weighted by atomic mass is 9.77. The summed E-state index contributed by atoms with van der Waals surface area (Å²) in [5.41, 5.74) is 5.90. The molecule has 0 bridgehead atoms. The van der Waals surface area contributed by atoms with Crippen LogP contribution >= 0.6 is 0 Å². The predicted molar refractivity (Wildman–Crippen MR) is 57.2 cm³/mol. The van der Waals surface area contributed by atoms with Crippen LogP contribution in [-0.2, 0) is 4.74 Å². The van der Waals surface area contributed by atoms with Crippen LogP contribution in [0.2, 0.25) is 0 Å². The molecule has 1 aliphatic carbocycles. The van der Waals surface area contributed by atoms with E-state index in [2.05, 4.69) is 4.90 Å². The van der Waals surface area contributed by atoms with E-state index in [1.165, 1.54) is 45.2 Å². The van der Waals surface area contributed by atoms with Crippen molar-refractivity contribution in [3.05, 3.63) is 0 Å². The van der Waals surface area contributed by atoms with E-state index >= 15 is 0 Å². The van der Waals surface area contributed by atoms with Gasteiger partial charge >= 0.3 is 0 Å². The number of likely N-dealkylation sites (tertiary alicyclic amines) is 1. The van der Waals surface area contributed by atoms with E-state index < -0.39 is 0 Å². The second kappa shape index (κ2) is 4.17. The molecule has 1 atom stereocenters. The lowest BCUT2D eigenvalue weighted by Crippen LogP contribution is -2.54. The fraction of sp³-hybridized carbons (Fsp3) is 1.00. The number of nitrogens with zero attached hydrogens (tertiary/aromatic N) is 1. The first-order valence-corrected chi connectivity index (χ1v) is 5.79. The van der Waals surface area contributed by atoms with Crippen LogP contribution in [0.5, 0.6) is 0 Å².